The third-order valence-corrected chi connectivity index (χ3v) is 9.39. The predicted molar refractivity (Wildman–Crippen MR) is 201 cm³/mol. The van der Waals surface area contributed by atoms with Crippen LogP contribution in [0.3, 0.4) is 0 Å². The molecule has 276 valence electrons. The number of carboxylic acids is 2. The average molecular weight is 693 g/mol. The van der Waals surface area contributed by atoms with E-state index in [4.69, 9.17) is 0 Å². The first-order valence-corrected chi connectivity index (χ1v) is 20.2. The van der Waals surface area contributed by atoms with Crippen molar-refractivity contribution in [2.45, 2.75) is 221 Å². The molecule has 2 unspecified atom stereocenters. The van der Waals surface area contributed by atoms with E-state index in [1.807, 2.05) is 13.8 Å². The maximum Gasteiger partial charge on any atom is 2.00 e. The monoisotopic (exact) mass is 693 g/mol. The Morgan fingerprint density at radius 1 is 0.383 bits per heavy atom. The first-order valence-electron chi connectivity index (χ1n) is 20.2. The van der Waals surface area contributed by atoms with Crippen molar-refractivity contribution in [2.75, 3.05) is 26.2 Å². The molecular formula is C40H80CaN2O4. The van der Waals surface area contributed by atoms with Gasteiger partial charge in [0.2, 0.25) is 0 Å². The molecule has 47 heavy (non-hydrogen) atoms. The number of unbranched alkanes of at least 4 members (excludes halogenated alkanes) is 20. The minimum absolute atomic E-state index is 0. The number of hydrogen-bond acceptors (Lipinski definition) is 6. The summed E-state index contributed by atoms with van der Waals surface area (Å²) in [5.74, 6) is -1.80. The van der Waals surface area contributed by atoms with Crippen LogP contribution in [0.2, 0.25) is 0 Å². The maximum absolute atomic E-state index is 11.4. The van der Waals surface area contributed by atoms with Crippen LogP contribution < -0.4 is 10.2 Å². The molecular weight excluding hydrogens is 613 g/mol. The SMILES string of the molecule is CCCCCCCCN(CCCCCCCC)C(CC)C(=O)[O-].CCCCCCCCN(CCCCCCCC)C(CC)C(=O)[O-].[Ca+2]. The summed E-state index contributed by atoms with van der Waals surface area (Å²) in [4.78, 5) is 27.1. The molecule has 0 fully saturated rings. The Labute approximate surface area is 324 Å². The van der Waals surface area contributed by atoms with Crippen LogP contribution in [0.15, 0.2) is 0 Å². The zero-order valence-corrected chi connectivity index (χ0v) is 34.8. The summed E-state index contributed by atoms with van der Waals surface area (Å²) >= 11 is 0. The van der Waals surface area contributed by atoms with Gasteiger partial charge in [0, 0.05) is 12.1 Å². The van der Waals surface area contributed by atoms with Crippen molar-refractivity contribution in [2.24, 2.45) is 0 Å². The van der Waals surface area contributed by atoms with E-state index in [0.29, 0.717) is 12.8 Å². The minimum Gasteiger partial charge on any atom is -0.548 e. The van der Waals surface area contributed by atoms with Gasteiger partial charge in [-0.25, -0.2) is 0 Å². The third-order valence-electron chi connectivity index (χ3n) is 9.39. The van der Waals surface area contributed by atoms with Gasteiger partial charge in [-0.05, 0) is 64.7 Å². The van der Waals surface area contributed by atoms with Crippen LogP contribution in [0.1, 0.15) is 208 Å². The topological polar surface area (TPSA) is 86.7 Å². The van der Waals surface area contributed by atoms with Crippen molar-refractivity contribution < 1.29 is 19.8 Å². The molecule has 0 heterocycles. The molecule has 0 bridgehead atoms. The smallest absolute Gasteiger partial charge is 0.548 e. The van der Waals surface area contributed by atoms with Gasteiger partial charge >= 0.3 is 37.7 Å². The molecule has 7 heteroatoms. The second-order valence-electron chi connectivity index (χ2n) is 13.6. The Morgan fingerprint density at radius 3 is 0.745 bits per heavy atom. The Morgan fingerprint density at radius 2 is 0.574 bits per heavy atom. The van der Waals surface area contributed by atoms with E-state index in [0.717, 1.165) is 51.9 Å². The molecule has 0 aliphatic heterocycles. The number of carbonyl (C=O) groups is 2. The van der Waals surface area contributed by atoms with Gasteiger partial charge in [0.15, 0.2) is 0 Å². The molecule has 0 aliphatic carbocycles. The molecule has 0 aliphatic rings. The quantitative estimate of drug-likeness (QED) is 0.0496. The number of aliphatic carboxylic acids is 2. The predicted octanol–water partition coefficient (Wildman–Crippen LogP) is 8.70. The fourth-order valence-corrected chi connectivity index (χ4v) is 6.38. The molecule has 0 amide bonds. The number of carboxylic acid groups (broad SMARTS) is 2. The van der Waals surface area contributed by atoms with Crippen LogP contribution in [0.25, 0.3) is 0 Å². The first-order chi connectivity index (χ1) is 22.3. The Kier molecular flexibility index (Phi) is 44.4. The molecule has 0 N–H and O–H groups in total. The van der Waals surface area contributed by atoms with E-state index in [-0.39, 0.29) is 37.7 Å². The summed E-state index contributed by atoms with van der Waals surface area (Å²) in [6.45, 7) is 16.5. The van der Waals surface area contributed by atoms with Crippen molar-refractivity contribution >= 4 is 49.7 Å². The summed E-state index contributed by atoms with van der Waals surface area (Å²) in [5, 5.41) is 22.7. The molecule has 0 saturated carbocycles. The minimum atomic E-state index is -0.899. The van der Waals surface area contributed by atoms with Crippen LogP contribution >= 0.6 is 0 Å². The van der Waals surface area contributed by atoms with Crippen LogP contribution in [0, 0.1) is 0 Å². The van der Waals surface area contributed by atoms with Crippen molar-refractivity contribution in [3.63, 3.8) is 0 Å². The second kappa shape index (κ2) is 40.5. The zero-order chi connectivity index (χ0) is 34.7. The summed E-state index contributed by atoms with van der Waals surface area (Å²) in [5.41, 5.74) is 0. The van der Waals surface area contributed by atoms with E-state index >= 15 is 0 Å². The van der Waals surface area contributed by atoms with Gasteiger partial charge in [0.1, 0.15) is 0 Å². The largest absolute Gasteiger partial charge is 2.00 e. The summed E-state index contributed by atoms with van der Waals surface area (Å²) in [6.07, 6.45) is 31.3. The maximum atomic E-state index is 11.4. The van der Waals surface area contributed by atoms with E-state index in [2.05, 4.69) is 37.5 Å². The van der Waals surface area contributed by atoms with Crippen LogP contribution in [-0.2, 0) is 9.59 Å². The van der Waals surface area contributed by atoms with Crippen molar-refractivity contribution in [1.29, 1.82) is 0 Å². The van der Waals surface area contributed by atoms with E-state index in [1.54, 1.807) is 0 Å². The molecule has 6 nitrogen and oxygen atoms in total. The average Bonchev–Trinajstić information content (AvgIpc) is 3.03. The Bertz CT molecular complexity index is 566. The van der Waals surface area contributed by atoms with Crippen molar-refractivity contribution in [3.8, 4) is 0 Å². The van der Waals surface area contributed by atoms with Gasteiger partial charge < -0.3 is 19.8 Å². The third kappa shape index (κ3) is 33.0. The van der Waals surface area contributed by atoms with E-state index < -0.39 is 24.0 Å². The van der Waals surface area contributed by atoms with Gasteiger partial charge in [-0.3, -0.25) is 9.80 Å². The molecule has 0 aromatic carbocycles. The molecule has 0 spiro atoms. The van der Waals surface area contributed by atoms with E-state index in [9.17, 15) is 19.8 Å². The second-order valence-corrected chi connectivity index (χ2v) is 13.6. The number of rotatable bonds is 34. The van der Waals surface area contributed by atoms with E-state index in [1.165, 1.54) is 128 Å². The number of carbonyl (C=O) groups excluding carboxylic acids is 2. The van der Waals surface area contributed by atoms with Gasteiger partial charge in [-0.15, -0.1) is 0 Å². The Balaban J connectivity index is -0.000000807. The van der Waals surface area contributed by atoms with Crippen molar-refractivity contribution in [3.05, 3.63) is 0 Å². The normalized spacial score (nSPS) is 12.4. The van der Waals surface area contributed by atoms with Gasteiger partial charge in [-0.1, -0.05) is 170 Å². The molecule has 2 atom stereocenters. The molecule has 0 aromatic heterocycles. The fourth-order valence-electron chi connectivity index (χ4n) is 6.38. The molecule has 0 radical (unpaired) electrons. The summed E-state index contributed by atoms with van der Waals surface area (Å²) in [7, 11) is 0. The molecule has 0 rings (SSSR count). The number of nitrogens with zero attached hydrogens (tertiary/aromatic N) is 2. The molecule has 0 aromatic rings. The molecule has 0 saturated heterocycles. The summed E-state index contributed by atoms with van der Waals surface area (Å²) in [6, 6.07) is -0.803. The van der Waals surface area contributed by atoms with Gasteiger partial charge in [0.25, 0.3) is 0 Å². The van der Waals surface area contributed by atoms with Gasteiger partial charge in [-0.2, -0.15) is 0 Å². The van der Waals surface area contributed by atoms with Crippen molar-refractivity contribution in [1.82, 2.24) is 9.80 Å². The van der Waals surface area contributed by atoms with Gasteiger partial charge in [0.05, 0.1) is 11.9 Å². The summed E-state index contributed by atoms with van der Waals surface area (Å²) < 4.78 is 0. The first kappa shape index (κ1) is 51.5. The van der Waals surface area contributed by atoms with Crippen LogP contribution in [0.5, 0.6) is 0 Å². The van der Waals surface area contributed by atoms with Crippen LogP contribution in [-0.4, -0.2) is 97.7 Å². The standard InChI is InChI=1S/2C20H41NO2.Ca/c2*1-4-7-9-11-13-15-17-21(19(6-3)20(22)23)18-16-14-12-10-8-5-2;/h2*19H,4-18H2,1-3H3,(H,22,23);/q;;+2/p-2. The fraction of sp³-hybridized carbons (Fsp3) is 0.950. The van der Waals surface area contributed by atoms with Crippen LogP contribution in [0.4, 0.5) is 0 Å². The Hall–Kier alpha value is 0.120. The number of hydrogen-bond donors (Lipinski definition) is 0. The zero-order valence-electron chi connectivity index (χ0n) is 32.6.